The molecular weight excluding hydrogens is 464 g/mol. The summed E-state index contributed by atoms with van der Waals surface area (Å²) < 4.78 is 6.42. The van der Waals surface area contributed by atoms with Gasteiger partial charge in [0, 0.05) is 30.7 Å². The molecule has 0 saturated heterocycles. The molecule has 0 aliphatic heterocycles. The van der Waals surface area contributed by atoms with Crippen LogP contribution in [0.3, 0.4) is 0 Å². The fraction of sp³-hybridized carbons (Fsp3) is 0.889. The molecule has 0 aromatic rings. The number of carboxylic acids is 1. The van der Waals surface area contributed by atoms with Gasteiger partial charge in [0.05, 0.1) is 12.1 Å². The molecule has 0 aromatic heterocycles. The van der Waals surface area contributed by atoms with Gasteiger partial charge < -0.3 is 15.2 Å². The summed E-state index contributed by atoms with van der Waals surface area (Å²) in [5.74, 6) is 0.457. The lowest BCUT2D eigenvalue weighted by Gasteiger charge is -2.36. The Balaban J connectivity index is 5.02. The Morgan fingerprint density at radius 2 is 1.54 bits per heavy atom. The number of carbonyl (C=O) groups is 3. The van der Waals surface area contributed by atoms with Gasteiger partial charge >= 0.3 is 5.97 Å². The molecule has 206 valence electrons. The quantitative estimate of drug-likeness (QED) is 0.208. The summed E-state index contributed by atoms with van der Waals surface area (Å²) in [6.07, 6.45) is 4.84. The Kier molecular flexibility index (Phi) is 16.1. The third-order valence-corrected chi connectivity index (χ3v) is 8.09. The van der Waals surface area contributed by atoms with Gasteiger partial charge in [-0.3, -0.25) is 19.7 Å². The van der Waals surface area contributed by atoms with Gasteiger partial charge in [0.1, 0.15) is 6.04 Å². The van der Waals surface area contributed by atoms with E-state index in [9.17, 15) is 19.5 Å². The van der Waals surface area contributed by atoms with E-state index in [-0.39, 0.29) is 29.3 Å². The van der Waals surface area contributed by atoms with Crippen LogP contribution in [0.25, 0.3) is 0 Å². The van der Waals surface area contributed by atoms with Crippen molar-refractivity contribution in [2.45, 2.75) is 112 Å². The number of carboxylic acid groups (broad SMARTS) is 1. The van der Waals surface area contributed by atoms with Crippen molar-refractivity contribution >= 4 is 29.4 Å². The van der Waals surface area contributed by atoms with E-state index in [2.05, 4.69) is 45.3 Å². The minimum atomic E-state index is -0.925. The molecule has 0 rings (SSSR count). The molecule has 7 nitrogen and oxygen atoms in total. The fourth-order valence-electron chi connectivity index (χ4n) is 4.31. The van der Waals surface area contributed by atoms with E-state index < -0.39 is 17.4 Å². The van der Waals surface area contributed by atoms with Gasteiger partial charge in [0.15, 0.2) is 5.78 Å². The molecular formula is C27H52N2O5S. The molecule has 0 heterocycles. The molecule has 1 amide bonds. The average molecular weight is 517 g/mol. The van der Waals surface area contributed by atoms with E-state index >= 15 is 0 Å². The predicted octanol–water partition coefficient (Wildman–Crippen LogP) is 5.07. The highest BCUT2D eigenvalue weighted by atomic mass is 32.2. The maximum absolute atomic E-state index is 13.2. The van der Waals surface area contributed by atoms with Gasteiger partial charge in [-0.2, -0.15) is 11.8 Å². The van der Waals surface area contributed by atoms with Crippen LogP contribution >= 0.6 is 11.8 Å². The van der Waals surface area contributed by atoms with Gasteiger partial charge in [0.25, 0.3) is 0 Å². The molecule has 0 radical (unpaired) electrons. The van der Waals surface area contributed by atoms with Crippen molar-refractivity contribution in [3.8, 4) is 0 Å². The number of aliphatic carboxylic acids is 1. The van der Waals surface area contributed by atoms with Gasteiger partial charge in [0.2, 0.25) is 5.91 Å². The standard InChI is InChI=1S/C27H52N2O5S/c1-9-26(10-2,22(30)19-29-21(24(32)33)20-35-13-5)15-17-34-27(11-3,12-4)14-16-28-23(31)18-25(6,7)8/h21,29H,9-20H2,1-8H3,(H,28,31)(H,32,33)/t21-/m0/s1. The minimum absolute atomic E-state index is 0.0441. The minimum Gasteiger partial charge on any atom is -0.480 e. The van der Waals surface area contributed by atoms with Crippen molar-refractivity contribution in [3.05, 3.63) is 0 Å². The smallest absolute Gasteiger partial charge is 0.321 e. The summed E-state index contributed by atoms with van der Waals surface area (Å²) in [7, 11) is 0. The maximum atomic E-state index is 13.2. The van der Waals surface area contributed by atoms with Crippen molar-refractivity contribution in [2.75, 3.05) is 31.2 Å². The van der Waals surface area contributed by atoms with Crippen molar-refractivity contribution in [2.24, 2.45) is 10.8 Å². The normalized spacial score (nSPS) is 13.5. The summed E-state index contributed by atoms with van der Waals surface area (Å²) in [6, 6.07) is -0.729. The largest absolute Gasteiger partial charge is 0.480 e. The van der Waals surface area contributed by atoms with Gasteiger partial charge in [-0.15, -0.1) is 0 Å². The molecule has 0 aliphatic carbocycles. The van der Waals surface area contributed by atoms with Crippen molar-refractivity contribution in [1.29, 1.82) is 0 Å². The van der Waals surface area contributed by atoms with Crippen molar-refractivity contribution < 1.29 is 24.2 Å². The Hall–Kier alpha value is -1.12. The molecule has 0 aliphatic rings. The zero-order valence-electron chi connectivity index (χ0n) is 23.6. The van der Waals surface area contributed by atoms with Crippen LogP contribution in [0, 0.1) is 10.8 Å². The van der Waals surface area contributed by atoms with Crippen LogP contribution in [0.2, 0.25) is 0 Å². The Morgan fingerprint density at radius 3 is 2.00 bits per heavy atom. The van der Waals surface area contributed by atoms with E-state index in [1.165, 1.54) is 0 Å². The van der Waals surface area contributed by atoms with Crippen LogP contribution < -0.4 is 10.6 Å². The van der Waals surface area contributed by atoms with E-state index in [4.69, 9.17) is 4.74 Å². The van der Waals surface area contributed by atoms with Crippen LogP contribution in [0.15, 0.2) is 0 Å². The Bertz CT molecular complexity index is 640. The van der Waals surface area contributed by atoms with E-state index in [1.807, 2.05) is 20.8 Å². The number of amides is 1. The highest BCUT2D eigenvalue weighted by molar-refractivity contribution is 7.99. The van der Waals surface area contributed by atoms with E-state index in [0.717, 1.165) is 25.0 Å². The molecule has 3 N–H and O–H groups in total. The number of nitrogens with one attached hydrogen (secondary N) is 2. The number of thioether (sulfide) groups is 1. The lowest BCUT2D eigenvalue weighted by Crippen LogP contribution is -2.46. The molecule has 0 unspecified atom stereocenters. The predicted molar refractivity (Wildman–Crippen MR) is 146 cm³/mol. The van der Waals surface area contributed by atoms with E-state index in [0.29, 0.717) is 44.6 Å². The van der Waals surface area contributed by atoms with Crippen LogP contribution in [0.4, 0.5) is 0 Å². The summed E-state index contributed by atoms with van der Waals surface area (Å²) >= 11 is 1.55. The second-order valence-corrected chi connectivity index (χ2v) is 12.0. The second kappa shape index (κ2) is 16.6. The van der Waals surface area contributed by atoms with Crippen molar-refractivity contribution in [3.63, 3.8) is 0 Å². The second-order valence-electron chi connectivity index (χ2n) is 10.7. The van der Waals surface area contributed by atoms with Gasteiger partial charge in [-0.1, -0.05) is 55.4 Å². The number of rotatable bonds is 20. The average Bonchev–Trinajstić information content (AvgIpc) is 2.79. The van der Waals surface area contributed by atoms with Crippen molar-refractivity contribution in [1.82, 2.24) is 10.6 Å². The molecule has 35 heavy (non-hydrogen) atoms. The fourth-order valence-corrected chi connectivity index (χ4v) is 5.04. The first-order chi connectivity index (χ1) is 16.3. The van der Waals surface area contributed by atoms with E-state index in [1.54, 1.807) is 11.8 Å². The Morgan fingerprint density at radius 1 is 0.943 bits per heavy atom. The zero-order chi connectivity index (χ0) is 27.1. The first-order valence-electron chi connectivity index (χ1n) is 13.3. The number of carbonyl (C=O) groups excluding carboxylic acids is 2. The van der Waals surface area contributed by atoms with Crippen LogP contribution in [-0.4, -0.2) is 65.6 Å². The lowest BCUT2D eigenvalue weighted by molar-refractivity contribution is -0.139. The number of ether oxygens (including phenoxy) is 1. The third kappa shape index (κ3) is 12.6. The number of hydrogen-bond donors (Lipinski definition) is 3. The number of ketones is 1. The summed E-state index contributed by atoms with van der Waals surface area (Å²) in [4.78, 5) is 36.9. The summed E-state index contributed by atoms with van der Waals surface area (Å²) in [6.45, 7) is 17.4. The van der Waals surface area contributed by atoms with Crippen LogP contribution in [0.5, 0.6) is 0 Å². The first kappa shape index (κ1) is 33.9. The SMILES string of the molecule is CCSC[C@H](NCC(=O)C(CC)(CC)CCOC(CC)(CC)CCNC(=O)CC(C)(C)C)C(=O)O. The topological polar surface area (TPSA) is 105 Å². The Labute approximate surface area is 218 Å². The molecule has 8 heteroatoms. The number of hydrogen-bond acceptors (Lipinski definition) is 6. The zero-order valence-corrected chi connectivity index (χ0v) is 24.4. The number of Topliss-reactive ketones (excluding diaryl/α,β-unsaturated/α-hetero) is 1. The highest BCUT2D eigenvalue weighted by Gasteiger charge is 2.36. The van der Waals surface area contributed by atoms with Gasteiger partial charge in [-0.05, 0) is 49.7 Å². The summed E-state index contributed by atoms with van der Waals surface area (Å²) in [5.41, 5.74) is -0.922. The first-order valence-corrected chi connectivity index (χ1v) is 14.5. The molecule has 1 atom stereocenters. The lowest BCUT2D eigenvalue weighted by atomic mass is 9.75. The maximum Gasteiger partial charge on any atom is 0.321 e. The van der Waals surface area contributed by atoms with Gasteiger partial charge in [-0.25, -0.2) is 0 Å². The highest BCUT2D eigenvalue weighted by Crippen LogP contribution is 2.34. The van der Waals surface area contributed by atoms with Crippen LogP contribution in [0.1, 0.15) is 100 Å². The molecule has 0 saturated carbocycles. The third-order valence-electron chi connectivity index (χ3n) is 7.11. The molecule has 0 spiro atoms. The van der Waals surface area contributed by atoms with Crippen LogP contribution in [-0.2, 0) is 19.1 Å². The molecule has 0 aromatic carbocycles. The monoisotopic (exact) mass is 516 g/mol. The molecule has 0 bridgehead atoms. The summed E-state index contributed by atoms with van der Waals surface area (Å²) in [5, 5.41) is 15.4. The molecule has 0 fully saturated rings.